The lowest BCUT2D eigenvalue weighted by molar-refractivity contribution is -0.162. The number of esters is 1. The van der Waals surface area contributed by atoms with Gasteiger partial charge in [0.25, 0.3) is 0 Å². The number of carbonyl (C=O) groups is 2. The summed E-state index contributed by atoms with van der Waals surface area (Å²) in [6, 6.07) is 0. The van der Waals surface area contributed by atoms with Crippen LogP contribution in [0.2, 0.25) is 0 Å². The second-order valence-electron chi connectivity index (χ2n) is 3.77. The van der Waals surface area contributed by atoms with Gasteiger partial charge in [0.15, 0.2) is 0 Å². The van der Waals surface area contributed by atoms with E-state index in [0.29, 0.717) is 12.5 Å². The van der Waals surface area contributed by atoms with Gasteiger partial charge in [-0.3, -0.25) is 0 Å². The van der Waals surface area contributed by atoms with Crippen molar-refractivity contribution in [2.24, 2.45) is 0 Å². The summed E-state index contributed by atoms with van der Waals surface area (Å²) < 4.78 is 4.57. The molecule has 98 valence electrons. The predicted molar refractivity (Wildman–Crippen MR) is 62.3 cm³/mol. The third-order valence-corrected chi connectivity index (χ3v) is 2.17. The first-order valence-corrected chi connectivity index (χ1v) is 5.86. The van der Waals surface area contributed by atoms with Gasteiger partial charge in [-0.15, -0.1) is 0 Å². The number of hydrogen-bond acceptors (Lipinski definition) is 4. The standard InChI is InChI=1S/C12H20O5/c1-2-3-4-5-6-7-11(15)17-12(16)9-8-10(13)14/h8-9,11,15H,2-7H2,1H3,(H,13,14). The first kappa shape index (κ1) is 15.6. The lowest BCUT2D eigenvalue weighted by Gasteiger charge is -2.09. The van der Waals surface area contributed by atoms with Gasteiger partial charge < -0.3 is 14.9 Å². The second-order valence-corrected chi connectivity index (χ2v) is 3.77. The highest BCUT2D eigenvalue weighted by molar-refractivity contribution is 5.90. The average molecular weight is 244 g/mol. The van der Waals surface area contributed by atoms with E-state index in [1.165, 1.54) is 0 Å². The Morgan fingerprint density at radius 1 is 1.18 bits per heavy atom. The third-order valence-electron chi connectivity index (χ3n) is 2.17. The van der Waals surface area contributed by atoms with E-state index < -0.39 is 18.2 Å². The number of hydrogen-bond donors (Lipinski definition) is 2. The number of aliphatic hydroxyl groups is 1. The molecule has 0 fully saturated rings. The molecule has 0 spiro atoms. The van der Waals surface area contributed by atoms with Crippen molar-refractivity contribution < 1.29 is 24.5 Å². The molecule has 5 nitrogen and oxygen atoms in total. The van der Waals surface area contributed by atoms with E-state index in [1.807, 2.05) is 0 Å². The molecule has 1 unspecified atom stereocenters. The molecule has 5 heteroatoms. The van der Waals surface area contributed by atoms with E-state index in [0.717, 1.165) is 38.2 Å². The Hall–Kier alpha value is -1.36. The van der Waals surface area contributed by atoms with Crippen LogP contribution >= 0.6 is 0 Å². The van der Waals surface area contributed by atoms with Crippen LogP contribution in [-0.2, 0) is 14.3 Å². The molecule has 0 aliphatic rings. The zero-order chi connectivity index (χ0) is 13.1. The minimum atomic E-state index is -1.23. The number of rotatable bonds is 9. The average Bonchev–Trinajstić information content (AvgIpc) is 2.26. The molecule has 0 rings (SSSR count). The van der Waals surface area contributed by atoms with Crippen molar-refractivity contribution in [3.05, 3.63) is 12.2 Å². The molecule has 0 aromatic heterocycles. The normalized spacial score (nSPS) is 12.6. The Morgan fingerprint density at radius 3 is 2.41 bits per heavy atom. The Labute approximate surface area is 101 Å². The molecule has 1 atom stereocenters. The van der Waals surface area contributed by atoms with Crippen molar-refractivity contribution in [3.63, 3.8) is 0 Å². The lowest BCUT2D eigenvalue weighted by atomic mass is 10.1. The smallest absolute Gasteiger partial charge is 0.333 e. The van der Waals surface area contributed by atoms with Gasteiger partial charge in [0.1, 0.15) is 0 Å². The number of carboxylic acid groups (broad SMARTS) is 1. The minimum absolute atomic E-state index is 0.385. The first-order chi connectivity index (χ1) is 8.06. The number of carbonyl (C=O) groups excluding carboxylic acids is 1. The lowest BCUT2D eigenvalue weighted by Crippen LogP contribution is -2.16. The van der Waals surface area contributed by atoms with Gasteiger partial charge in [-0.1, -0.05) is 32.6 Å². The Morgan fingerprint density at radius 2 is 1.82 bits per heavy atom. The van der Waals surface area contributed by atoms with Crippen LogP contribution < -0.4 is 0 Å². The van der Waals surface area contributed by atoms with Gasteiger partial charge in [0.05, 0.1) is 0 Å². The van der Waals surface area contributed by atoms with E-state index in [4.69, 9.17) is 5.11 Å². The fraction of sp³-hybridized carbons (Fsp3) is 0.667. The van der Waals surface area contributed by atoms with Crippen molar-refractivity contribution in [2.75, 3.05) is 0 Å². The molecule has 0 amide bonds. The zero-order valence-corrected chi connectivity index (χ0v) is 10.1. The van der Waals surface area contributed by atoms with Gasteiger partial charge in [-0.2, -0.15) is 0 Å². The molecule has 0 aliphatic heterocycles. The largest absolute Gasteiger partial charge is 0.478 e. The number of aliphatic hydroxyl groups excluding tert-OH is 1. The summed E-state index contributed by atoms with van der Waals surface area (Å²) in [5, 5.41) is 17.6. The number of carboxylic acids is 1. The van der Waals surface area contributed by atoms with Gasteiger partial charge in [0, 0.05) is 18.6 Å². The van der Waals surface area contributed by atoms with Crippen LogP contribution in [0.4, 0.5) is 0 Å². The van der Waals surface area contributed by atoms with Crippen LogP contribution in [-0.4, -0.2) is 28.4 Å². The highest BCUT2D eigenvalue weighted by Crippen LogP contribution is 2.08. The summed E-state index contributed by atoms with van der Waals surface area (Å²) in [5.74, 6) is -2.07. The van der Waals surface area contributed by atoms with Crippen molar-refractivity contribution in [2.45, 2.75) is 51.7 Å². The summed E-state index contributed by atoms with van der Waals surface area (Å²) in [4.78, 5) is 21.1. The second kappa shape index (κ2) is 9.84. The molecule has 0 saturated carbocycles. The number of aliphatic carboxylic acids is 1. The van der Waals surface area contributed by atoms with E-state index in [9.17, 15) is 14.7 Å². The van der Waals surface area contributed by atoms with Crippen molar-refractivity contribution in [1.82, 2.24) is 0 Å². The Kier molecular flexibility index (Phi) is 9.05. The SMILES string of the molecule is CCCCCCCC(O)OC(=O)C=CC(=O)O. The Bertz CT molecular complexity index is 260. The summed E-state index contributed by atoms with van der Waals surface area (Å²) in [7, 11) is 0. The molecule has 0 heterocycles. The maximum Gasteiger partial charge on any atom is 0.333 e. The molecule has 0 aliphatic carbocycles. The van der Waals surface area contributed by atoms with Gasteiger partial charge in [-0.05, 0) is 6.42 Å². The molecule has 0 aromatic carbocycles. The van der Waals surface area contributed by atoms with Crippen LogP contribution in [0.3, 0.4) is 0 Å². The molecular weight excluding hydrogens is 224 g/mol. The molecular formula is C12H20O5. The van der Waals surface area contributed by atoms with E-state index >= 15 is 0 Å². The van der Waals surface area contributed by atoms with Crippen LogP contribution in [0.15, 0.2) is 12.2 Å². The highest BCUT2D eigenvalue weighted by Gasteiger charge is 2.08. The maximum absolute atomic E-state index is 11.0. The summed E-state index contributed by atoms with van der Waals surface area (Å²) in [5.41, 5.74) is 0. The van der Waals surface area contributed by atoms with Crippen LogP contribution in [0, 0.1) is 0 Å². The zero-order valence-electron chi connectivity index (χ0n) is 10.1. The van der Waals surface area contributed by atoms with Gasteiger partial charge in [-0.25, -0.2) is 9.59 Å². The summed E-state index contributed by atoms with van der Waals surface area (Å²) in [6.07, 6.45) is 5.90. The quantitative estimate of drug-likeness (QED) is 0.280. The van der Waals surface area contributed by atoms with Crippen molar-refractivity contribution in [3.8, 4) is 0 Å². The van der Waals surface area contributed by atoms with E-state index in [2.05, 4.69) is 11.7 Å². The number of ether oxygens (including phenoxy) is 1. The van der Waals surface area contributed by atoms with Crippen LogP contribution in [0.5, 0.6) is 0 Å². The van der Waals surface area contributed by atoms with Gasteiger partial charge in [0.2, 0.25) is 6.29 Å². The monoisotopic (exact) mass is 244 g/mol. The first-order valence-electron chi connectivity index (χ1n) is 5.86. The molecule has 0 saturated heterocycles. The topological polar surface area (TPSA) is 83.8 Å². The molecule has 2 N–H and O–H groups in total. The fourth-order valence-electron chi connectivity index (χ4n) is 1.29. The molecule has 0 radical (unpaired) electrons. The van der Waals surface area contributed by atoms with Crippen molar-refractivity contribution >= 4 is 11.9 Å². The van der Waals surface area contributed by atoms with Gasteiger partial charge >= 0.3 is 11.9 Å². The van der Waals surface area contributed by atoms with E-state index in [1.54, 1.807) is 0 Å². The molecule has 0 bridgehead atoms. The third kappa shape index (κ3) is 10.9. The Balaban J connectivity index is 3.60. The van der Waals surface area contributed by atoms with Crippen molar-refractivity contribution in [1.29, 1.82) is 0 Å². The molecule has 0 aromatic rings. The summed E-state index contributed by atoms with van der Waals surface area (Å²) >= 11 is 0. The summed E-state index contributed by atoms with van der Waals surface area (Å²) in [6.45, 7) is 2.12. The van der Waals surface area contributed by atoms with E-state index in [-0.39, 0.29) is 0 Å². The maximum atomic E-state index is 11.0. The molecule has 17 heavy (non-hydrogen) atoms. The van der Waals surface area contributed by atoms with Crippen LogP contribution in [0.1, 0.15) is 45.4 Å². The van der Waals surface area contributed by atoms with Crippen LogP contribution in [0.25, 0.3) is 0 Å². The predicted octanol–water partition coefficient (Wildman–Crippen LogP) is 1.85. The number of unbranched alkanes of at least 4 members (excludes halogenated alkanes) is 4. The minimum Gasteiger partial charge on any atom is -0.478 e. The fourth-order valence-corrected chi connectivity index (χ4v) is 1.29. The highest BCUT2D eigenvalue weighted by atomic mass is 16.6.